The molecule has 1 aliphatic heterocycles. The minimum absolute atomic E-state index is 0.0241. The van der Waals surface area contributed by atoms with E-state index in [9.17, 15) is 19.5 Å². The molecule has 186 valence electrons. The van der Waals surface area contributed by atoms with E-state index in [1.54, 1.807) is 18.7 Å². The van der Waals surface area contributed by atoms with Gasteiger partial charge < -0.3 is 20.1 Å². The second-order valence-electron chi connectivity index (χ2n) is 9.81. The molecule has 2 N–H and O–H groups in total. The van der Waals surface area contributed by atoms with Gasteiger partial charge in [0.25, 0.3) is 0 Å². The molecule has 4 rings (SSSR count). The Hall–Kier alpha value is -3.35. The van der Waals surface area contributed by atoms with E-state index in [0.717, 1.165) is 11.1 Å². The Morgan fingerprint density at radius 2 is 1.57 bits per heavy atom. The molecule has 0 aromatic heterocycles. The van der Waals surface area contributed by atoms with Gasteiger partial charge >= 0.3 is 12.1 Å². The number of fused-ring (bicyclic) bond motifs is 3. The maximum absolute atomic E-state index is 13.0. The lowest BCUT2D eigenvalue weighted by atomic mass is 9.76. The molecule has 2 unspecified atom stereocenters. The Bertz CT molecular complexity index is 1060. The lowest BCUT2D eigenvalue weighted by Crippen LogP contribution is -2.51. The summed E-state index contributed by atoms with van der Waals surface area (Å²) in [5.74, 6) is -1.34. The Balaban J connectivity index is 1.31. The van der Waals surface area contributed by atoms with Crippen molar-refractivity contribution in [2.24, 2.45) is 11.3 Å². The number of nitrogens with one attached hydrogen (secondary N) is 1. The number of alkyl carbamates (subject to hydrolysis) is 1. The molecule has 2 aromatic rings. The van der Waals surface area contributed by atoms with Crippen LogP contribution in [-0.4, -0.2) is 53.7 Å². The molecule has 1 heterocycles. The predicted molar refractivity (Wildman–Crippen MR) is 133 cm³/mol. The third kappa shape index (κ3) is 4.77. The zero-order chi connectivity index (χ0) is 25.2. The fraction of sp³-hybridized carbons (Fsp3) is 0.464. The molecule has 2 amide bonds. The Morgan fingerprint density at radius 1 is 1.03 bits per heavy atom. The van der Waals surface area contributed by atoms with Crippen molar-refractivity contribution in [2.75, 3.05) is 19.7 Å². The zero-order valence-corrected chi connectivity index (χ0v) is 20.6. The average Bonchev–Trinajstić information content (AvgIpc) is 3.20. The van der Waals surface area contributed by atoms with Crippen LogP contribution in [0, 0.1) is 11.3 Å². The van der Waals surface area contributed by atoms with Crippen LogP contribution in [0.2, 0.25) is 0 Å². The third-order valence-corrected chi connectivity index (χ3v) is 7.99. The van der Waals surface area contributed by atoms with Gasteiger partial charge in [0.2, 0.25) is 5.91 Å². The maximum atomic E-state index is 13.0. The number of carboxylic acids is 1. The number of aliphatic carboxylic acids is 1. The average molecular weight is 479 g/mol. The summed E-state index contributed by atoms with van der Waals surface area (Å²) in [7, 11) is 0. The highest BCUT2D eigenvalue weighted by atomic mass is 16.5. The molecular formula is C28H34N2O5. The van der Waals surface area contributed by atoms with E-state index in [-0.39, 0.29) is 18.4 Å². The lowest BCUT2D eigenvalue weighted by Gasteiger charge is -2.39. The quantitative estimate of drug-likeness (QED) is 0.604. The van der Waals surface area contributed by atoms with Crippen molar-refractivity contribution in [3.63, 3.8) is 0 Å². The number of rotatable bonds is 7. The molecular weight excluding hydrogens is 444 g/mol. The van der Waals surface area contributed by atoms with Gasteiger partial charge in [0.15, 0.2) is 0 Å². The number of hydrogen-bond acceptors (Lipinski definition) is 4. The van der Waals surface area contributed by atoms with Gasteiger partial charge in [0, 0.05) is 25.0 Å². The van der Waals surface area contributed by atoms with E-state index in [0.29, 0.717) is 32.4 Å². The Labute approximate surface area is 206 Å². The molecule has 2 atom stereocenters. The second-order valence-corrected chi connectivity index (χ2v) is 9.81. The van der Waals surface area contributed by atoms with Crippen LogP contribution in [0.3, 0.4) is 0 Å². The molecule has 0 saturated carbocycles. The van der Waals surface area contributed by atoms with E-state index in [1.807, 2.05) is 31.2 Å². The standard InChI is InChI=1S/C28H34N2O5/c1-4-28(26(32)33)13-15-30(16-14-28)25(31)18(2)19(3)29-27(34)35-17-24-22-11-7-5-9-20(22)21-10-6-8-12-23(21)24/h5-12,18-19,24H,4,13-17H2,1-3H3,(H,29,34)(H,32,33). The Morgan fingerprint density at radius 3 is 2.09 bits per heavy atom. The lowest BCUT2D eigenvalue weighted by molar-refractivity contribution is -0.155. The van der Waals surface area contributed by atoms with E-state index in [2.05, 4.69) is 29.6 Å². The highest BCUT2D eigenvalue weighted by Gasteiger charge is 2.41. The van der Waals surface area contributed by atoms with Crippen LogP contribution >= 0.6 is 0 Å². The van der Waals surface area contributed by atoms with Gasteiger partial charge in [-0.05, 0) is 48.4 Å². The topological polar surface area (TPSA) is 95.9 Å². The molecule has 7 nitrogen and oxygen atoms in total. The van der Waals surface area contributed by atoms with Crippen LogP contribution in [0.5, 0.6) is 0 Å². The first-order valence-electron chi connectivity index (χ1n) is 12.4. The van der Waals surface area contributed by atoms with Gasteiger partial charge in [-0.1, -0.05) is 62.4 Å². The largest absolute Gasteiger partial charge is 0.481 e. The summed E-state index contributed by atoms with van der Waals surface area (Å²) in [6, 6.07) is 15.9. The van der Waals surface area contributed by atoms with Crippen LogP contribution in [0.1, 0.15) is 57.1 Å². The normalized spacial score (nSPS) is 18.2. The van der Waals surface area contributed by atoms with Gasteiger partial charge in [-0.15, -0.1) is 0 Å². The van der Waals surface area contributed by atoms with Crippen molar-refractivity contribution in [3.8, 4) is 11.1 Å². The first-order chi connectivity index (χ1) is 16.8. The minimum atomic E-state index is -0.787. The predicted octanol–water partition coefficient (Wildman–Crippen LogP) is 4.65. The van der Waals surface area contributed by atoms with Crippen molar-refractivity contribution in [1.82, 2.24) is 10.2 Å². The number of amides is 2. The summed E-state index contributed by atoms with van der Waals surface area (Å²) in [6.45, 7) is 6.52. The highest BCUT2D eigenvalue weighted by molar-refractivity contribution is 5.81. The minimum Gasteiger partial charge on any atom is -0.481 e. The van der Waals surface area contributed by atoms with Crippen LogP contribution in [0.4, 0.5) is 4.79 Å². The molecule has 1 fully saturated rings. The number of nitrogens with zero attached hydrogens (tertiary/aromatic N) is 1. The first kappa shape index (κ1) is 24.8. The zero-order valence-electron chi connectivity index (χ0n) is 20.6. The molecule has 7 heteroatoms. The van der Waals surface area contributed by atoms with E-state index in [1.165, 1.54) is 11.1 Å². The summed E-state index contributed by atoms with van der Waals surface area (Å²) in [5.41, 5.74) is 3.88. The van der Waals surface area contributed by atoms with Gasteiger partial charge in [-0.2, -0.15) is 0 Å². The number of benzene rings is 2. The molecule has 0 radical (unpaired) electrons. The van der Waals surface area contributed by atoms with Crippen LogP contribution < -0.4 is 5.32 Å². The molecule has 1 saturated heterocycles. The fourth-order valence-electron chi connectivity index (χ4n) is 5.33. The number of ether oxygens (including phenoxy) is 1. The molecule has 1 aliphatic carbocycles. The summed E-state index contributed by atoms with van der Waals surface area (Å²) in [6.07, 6.45) is 0.907. The molecule has 2 aromatic carbocycles. The molecule has 0 spiro atoms. The summed E-state index contributed by atoms with van der Waals surface area (Å²) >= 11 is 0. The van der Waals surface area contributed by atoms with Crippen molar-refractivity contribution < 1.29 is 24.2 Å². The van der Waals surface area contributed by atoms with Gasteiger partial charge in [0.05, 0.1) is 11.3 Å². The van der Waals surface area contributed by atoms with Gasteiger partial charge in [-0.25, -0.2) is 4.79 Å². The highest BCUT2D eigenvalue weighted by Crippen LogP contribution is 2.44. The van der Waals surface area contributed by atoms with Gasteiger partial charge in [0.1, 0.15) is 6.61 Å². The SMILES string of the molecule is CCC1(C(=O)O)CCN(C(=O)C(C)C(C)NC(=O)OCC2c3ccccc3-c3ccccc32)CC1. The summed E-state index contributed by atoms with van der Waals surface area (Å²) in [4.78, 5) is 39.0. The fourth-order valence-corrected chi connectivity index (χ4v) is 5.33. The molecule has 0 bridgehead atoms. The van der Waals surface area contributed by atoms with Crippen molar-refractivity contribution >= 4 is 18.0 Å². The van der Waals surface area contributed by atoms with Crippen molar-refractivity contribution in [3.05, 3.63) is 59.7 Å². The van der Waals surface area contributed by atoms with E-state index >= 15 is 0 Å². The van der Waals surface area contributed by atoms with Crippen LogP contribution in [0.15, 0.2) is 48.5 Å². The number of carboxylic acid groups (broad SMARTS) is 1. The van der Waals surface area contributed by atoms with Crippen molar-refractivity contribution in [1.29, 1.82) is 0 Å². The third-order valence-electron chi connectivity index (χ3n) is 7.99. The molecule has 2 aliphatic rings. The summed E-state index contributed by atoms with van der Waals surface area (Å²) in [5, 5.41) is 12.4. The number of carbonyl (C=O) groups excluding carboxylic acids is 2. The van der Waals surface area contributed by atoms with Crippen LogP contribution in [0.25, 0.3) is 11.1 Å². The van der Waals surface area contributed by atoms with E-state index < -0.39 is 29.4 Å². The van der Waals surface area contributed by atoms with Gasteiger partial charge in [-0.3, -0.25) is 9.59 Å². The number of carbonyl (C=O) groups is 3. The number of likely N-dealkylation sites (tertiary alicyclic amines) is 1. The van der Waals surface area contributed by atoms with E-state index in [4.69, 9.17) is 4.74 Å². The Kier molecular flexibility index (Phi) is 7.15. The monoisotopic (exact) mass is 478 g/mol. The second kappa shape index (κ2) is 10.1. The first-order valence-corrected chi connectivity index (χ1v) is 12.4. The number of hydrogen-bond donors (Lipinski definition) is 2. The molecule has 35 heavy (non-hydrogen) atoms. The number of piperidine rings is 1. The smallest absolute Gasteiger partial charge is 0.407 e. The summed E-state index contributed by atoms with van der Waals surface area (Å²) < 4.78 is 5.61. The maximum Gasteiger partial charge on any atom is 0.407 e. The van der Waals surface area contributed by atoms with Crippen LogP contribution in [-0.2, 0) is 14.3 Å². The van der Waals surface area contributed by atoms with Crippen molar-refractivity contribution in [2.45, 2.75) is 52.0 Å².